The lowest BCUT2D eigenvalue weighted by atomic mass is 10.0. The SMILES string of the molecule is CCCN(C(=O)NCC(=O)O)C(=O)c1ccc(-c2ccccc2Cl)cc1. The smallest absolute Gasteiger partial charge is 0.324 e. The Hall–Kier alpha value is -2.86. The Morgan fingerprint density at radius 1 is 1.08 bits per heavy atom. The van der Waals surface area contributed by atoms with Gasteiger partial charge in [0.15, 0.2) is 0 Å². The number of carbonyl (C=O) groups excluding carboxylic acids is 2. The van der Waals surface area contributed by atoms with Crippen LogP contribution in [0.4, 0.5) is 4.79 Å². The third kappa shape index (κ3) is 4.83. The van der Waals surface area contributed by atoms with Crippen molar-refractivity contribution in [2.75, 3.05) is 13.1 Å². The normalized spacial score (nSPS) is 10.2. The molecule has 136 valence electrons. The van der Waals surface area contributed by atoms with E-state index in [0.29, 0.717) is 17.0 Å². The molecular weight excluding hydrogens is 356 g/mol. The van der Waals surface area contributed by atoms with E-state index in [1.54, 1.807) is 30.3 Å². The number of carboxylic acid groups (broad SMARTS) is 1. The molecule has 0 aromatic heterocycles. The molecule has 0 fully saturated rings. The quantitative estimate of drug-likeness (QED) is 0.807. The number of carbonyl (C=O) groups is 3. The van der Waals surface area contributed by atoms with E-state index in [0.717, 1.165) is 16.0 Å². The van der Waals surface area contributed by atoms with Crippen molar-refractivity contribution < 1.29 is 19.5 Å². The Kier molecular flexibility index (Phi) is 6.74. The van der Waals surface area contributed by atoms with Gasteiger partial charge in [0.1, 0.15) is 6.54 Å². The van der Waals surface area contributed by atoms with Crippen molar-refractivity contribution in [2.24, 2.45) is 0 Å². The number of halogens is 1. The number of nitrogens with zero attached hydrogens (tertiary/aromatic N) is 1. The van der Waals surface area contributed by atoms with Crippen LogP contribution in [0.15, 0.2) is 48.5 Å². The molecule has 7 heteroatoms. The van der Waals surface area contributed by atoms with Crippen LogP contribution in [0.1, 0.15) is 23.7 Å². The molecule has 6 nitrogen and oxygen atoms in total. The molecule has 2 aromatic rings. The van der Waals surface area contributed by atoms with Gasteiger partial charge in [0, 0.05) is 22.7 Å². The topological polar surface area (TPSA) is 86.7 Å². The van der Waals surface area contributed by atoms with Crippen LogP contribution in [-0.2, 0) is 4.79 Å². The van der Waals surface area contributed by atoms with Gasteiger partial charge >= 0.3 is 12.0 Å². The summed E-state index contributed by atoms with van der Waals surface area (Å²) in [5, 5.41) is 11.5. The Morgan fingerprint density at radius 2 is 1.73 bits per heavy atom. The van der Waals surface area contributed by atoms with E-state index < -0.39 is 24.5 Å². The van der Waals surface area contributed by atoms with E-state index >= 15 is 0 Å². The number of aliphatic carboxylic acids is 1. The van der Waals surface area contributed by atoms with Crippen LogP contribution >= 0.6 is 11.6 Å². The van der Waals surface area contributed by atoms with Crippen LogP contribution in [0.25, 0.3) is 11.1 Å². The van der Waals surface area contributed by atoms with E-state index in [-0.39, 0.29) is 6.54 Å². The fraction of sp³-hybridized carbons (Fsp3) is 0.211. The number of carboxylic acids is 1. The molecule has 0 bridgehead atoms. The van der Waals surface area contributed by atoms with Crippen molar-refractivity contribution in [3.8, 4) is 11.1 Å². The monoisotopic (exact) mass is 374 g/mol. The number of amides is 3. The zero-order chi connectivity index (χ0) is 19.1. The third-order valence-corrected chi connectivity index (χ3v) is 3.97. The van der Waals surface area contributed by atoms with Crippen LogP contribution < -0.4 is 5.32 Å². The largest absolute Gasteiger partial charge is 0.480 e. The molecule has 0 aliphatic carbocycles. The van der Waals surface area contributed by atoms with Gasteiger partial charge in [-0.15, -0.1) is 0 Å². The van der Waals surface area contributed by atoms with Crippen molar-refractivity contribution in [2.45, 2.75) is 13.3 Å². The standard InChI is InChI=1S/C19H19ClN2O4/c1-2-11-22(19(26)21-12-17(23)24)18(25)14-9-7-13(8-10-14)15-5-3-4-6-16(15)20/h3-10H,2,11-12H2,1H3,(H,21,26)(H,23,24). The van der Waals surface area contributed by atoms with Gasteiger partial charge in [0.25, 0.3) is 5.91 Å². The van der Waals surface area contributed by atoms with E-state index in [4.69, 9.17) is 16.7 Å². The predicted octanol–water partition coefficient (Wildman–Crippen LogP) is 3.65. The number of hydrogen-bond donors (Lipinski definition) is 2. The van der Waals surface area contributed by atoms with Gasteiger partial charge < -0.3 is 10.4 Å². The first-order valence-corrected chi connectivity index (χ1v) is 8.48. The van der Waals surface area contributed by atoms with E-state index in [1.165, 1.54) is 0 Å². The Bertz CT molecular complexity index is 805. The second-order valence-corrected chi connectivity index (χ2v) is 5.97. The number of urea groups is 1. The maximum atomic E-state index is 12.6. The minimum atomic E-state index is -1.17. The number of imide groups is 1. The molecule has 0 spiro atoms. The highest BCUT2D eigenvalue weighted by molar-refractivity contribution is 6.33. The van der Waals surface area contributed by atoms with Crippen molar-refractivity contribution in [3.05, 3.63) is 59.1 Å². The van der Waals surface area contributed by atoms with Crippen LogP contribution in [0, 0.1) is 0 Å². The first kappa shape index (κ1) is 19.5. The highest BCUT2D eigenvalue weighted by Gasteiger charge is 2.22. The van der Waals surface area contributed by atoms with Crippen LogP contribution in [-0.4, -0.2) is 41.0 Å². The van der Waals surface area contributed by atoms with Gasteiger partial charge in [-0.3, -0.25) is 14.5 Å². The minimum Gasteiger partial charge on any atom is -0.480 e. The fourth-order valence-electron chi connectivity index (χ4n) is 2.41. The summed E-state index contributed by atoms with van der Waals surface area (Å²) in [7, 11) is 0. The zero-order valence-corrected chi connectivity index (χ0v) is 15.0. The van der Waals surface area contributed by atoms with Gasteiger partial charge in [0.05, 0.1) is 0 Å². The number of rotatable bonds is 6. The summed E-state index contributed by atoms with van der Waals surface area (Å²) in [6.07, 6.45) is 0.559. The number of nitrogens with one attached hydrogen (secondary N) is 1. The Labute approximate surface area is 156 Å². The van der Waals surface area contributed by atoms with Gasteiger partial charge in [0.2, 0.25) is 0 Å². The van der Waals surface area contributed by atoms with Gasteiger partial charge in [-0.05, 0) is 30.2 Å². The van der Waals surface area contributed by atoms with Crippen molar-refractivity contribution >= 4 is 29.5 Å². The summed E-state index contributed by atoms with van der Waals surface area (Å²) in [4.78, 5) is 36.3. The van der Waals surface area contributed by atoms with Crippen molar-refractivity contribution in [1.29, 1.82) is 0 Å². The van der Waals surface area contributed by atoms with Gasteiger partial charge in [-0.2, -0.15) is 0 Å². The summed E-state index contributed by atoms with van der Waals surface area (Å²) in [6.45, 7) is 1.47. The molecule has 2 N–H and O–H groups in total. The highest BCUT2D eigenvalue weighted by atomic mass is 35.5. The Balaban J connectivity index is 2.19. The molecule has 0 unspecified atom stereocenters. The summed E-state index contributed by atoms with van der Waals surface area (Å²) in [6, 6.07) is 13.4. The molecular formula is C19H19ClN2O4. The van der Waals surface area contributed by atoms with Crippen LogP contribution in [0.2, 0.25) is 5.02 Å². The minimum absolute atomic E-state index is 0.191. The lowest BCUT2D eigenvalue weighted by Gasteiger charge is -2.20. The van der Waals surface area contributed by atoms with Crippen molar-refractivity contribution in [3.63, 3.8) is 0 Å². The second-order valence-electron chi connectivity index (χ2n) is 5.57. The average molecular weight is 375 g/mol. The average Bonchev–Trinajstić information content (AvgIpc) is 2.64. The maximum Gasteiger partial charge on any atom is 0.324 e. The molecule has 0 saturated heterocycles. The molecule has 0 radical (unpaired) electrons. The molecule has 2 aromatic carbocycles. The summed E-state index contributed by atoms with van der Waals surface area (Å²) in [5.74, 6) is -1.66. The third-order valence-electron chi connectivity index (χ3n) is 3.65. The zero-order valence-electron chi connectivity index (χ0n) is 14.2. The molecule has 3 amide bonds. The molecule has 0 atom stereocenters. The summed E-state index contributed by atoms with van der Waals surface area (Å²) >= 11 is 6.18. The number of benzene rings is 2. The predicted molar refractivity (Wildman–Crippen MR) is 99.3 cm³/mol. The molecule has 0 saturated carbocycles. The molecule has 0 heterocycles. The molecule has 2 rings (SSSR count). The highest BCUT2D eigenvalue weighted by Crippen LogP contribution is 2.27. The van der Waals surface area contributed by atoms with Gasteiger partial charge in [-0.1, -0.05) is 48.9 Å². The Morgan fingerprint density at radius 3 is 2.31 bits per heavy atom. The van der Waals surface area contributed by atoms with Crippen LogP contribution in [0.5, 0.6) is 0 Å². The summed E-state index contributed by atoms with van der Waals surface area (Å²) < 4.78 is 0. The molecule has 0 aliphatic rings. The maximum absolute atomic E-state index is 12.6. The second kappa shape index (κ2) is 9.01. The summed E-state index contributed by atoms with van der Waals surface area (Å²) in [5.41, 5.74) is 2.03. The molecule has 0 aliphatic heterocycles. The van der Waals surface area contributed by atoms with Crippen LogP contribution in [0.3, 0.4) is 0 Å². The fourth-order valence-corrected chi connectivity index (χ4v) is 2.65. The first-order valence-electron chi connectivity index (χ1n) is 8.10. The van der Waals surface area contributed by atoms with E-state index in [1.807, 2.05) is 25.1 Å². The lowest BCUT2D eigenvalue weighted by molar-refractivity contribution is -0.135. The first-order chi connectivity index (χ1) is 12.4. The number of hydrogen-bond acceptors (Lipinski definition) is 3. The van der Waals surface area contributed by atoms with Gasteiger partial charge in [-0.25, -0.2) is 4.79 Å². The van der Waals surface area contributed by atoms with E-state index in [2.05, 4.69) is 5.32 Å². The van der Waals surface area contributed by atoms with Crippen molar-refractivity contribution in [1.82, 2.24) is 10.2 Å². The molecule has 26 heavy (non-hydrogen) atoms. The van der Waals surface area contributed by atoms with E-state index in [9.17, 15) is 14.4 Å². The lowest BCUT2D eigenvalue weighted by Crippen LogP contribution is -2.45.